The molecule has 2 aromatic carbocycles. The summed E-state index contributed by atoms with van der Waals surface area (Å²) in [4.78, 5) is 4.68. The molecule has 0 radical (unpaired) electrons. The lowest BCUT2D eigenvalue weighted by molar-refractivity contribution is 0.787. The van der Waals surface area contributed by atoms with Gasteiger partial charge in [0.15, 0.2) is 0 Å². The topological polar surface area (TPSA) is 67.7 Å². The Balaban J connectivity index is 1.77. The van der Waals surface area contributed by atoms with Gasteiger partial charge in [0.05, 0.1) is 11.0 Å². The minimum absolute atomic E-state index is 0.108. The summed E-state index contributed by atoms with van der Waals surface area (Å²) in [6, 6.07) is 16.0. The predicted molar refractivity (Wildman–Crippen MR) is 85.6 cm³/mol. The van der Waals surface area contributed by atoms with E-state index in [2.05, 4.69) is 22.7 Å². The number of benzene rings is 2. The molecule has 0 unspecified atom stereocenters. The fourth-order valence-corrected chi connectivity index (χ4v) is 2.53. The molecule has 4 nitrogen and oxygen atoms in total. The van der Waals surface area contributed by atoms with Gasteiger partial charge in [-0.2, -0.15) is 0 Å². The van der Waals surface area contributed by atoms with Crippen molar-refractivity contribution >= 4 is 16.9 Å². The number of imidazole rings is 1. The molecule has 3 aromatic rings. The molecule has 0 bridgehead atoms. The van der Waals surface area contributed by atoms with Gasteiger partial charge in [-0.25, -0.2) is 4.98 Å². The van der Waals surface area contributed by atoms with Gasteiger partial charge in [-0.3, -0.25) is 5.41 Å². The molecule has 0 atom stereocenters. The van der Waals surface area contributed by atoms with Gasteiger partial charge in [0.25, 0.3) is 0 Å². The number of aryl methyl sites for hydroxylation is 3. The molecule has 3 rings (SSSR count). The second kappa shape index (κ2) is 5.40. The molecule has 0 fully saturated rings. The highest BCUT2D eigenvalue weighted by Gasteiger charge is 2.07. The number of fused-ring (bicyclic) bond motifs is 1. The van der Waals surface area contributed by atoms with Gasteiger partial charge >= 0.3 is 0 Å². The van der Waals surface area contributed by atoms with Crippen LogP contribution in [0.15, 0.2) is 48.5 Å². The lowest BCUT2D eigenvalue weighted by Gasteiger charge is -2.04. The van der Waals surface area contributed by atoms with E-state index in [1.807, 2.05) is 42.5 Å². The van der Waals surface area contributed by atoms with E-state index < -0.39 is 0 Å². The molecule has 106 valence electrons. The highest BCUT2D eigenvalue weighted by atomic mass is 15.1. The van der Waals surface area contributed by atoms with Crippen LogP contribution in [-0.4, -0.2) is 15.4 Å². The first-order chi connectivity index (χ1) is 10.1. The van der Waals surface area contributed by atoms with E-state index in [-0.39, 0.29) is 5.84 Å². The fraction of sp³-hybridized carbons (Fsp3) is 0.176. The van der Waals surface area contributed by atoms with Crippen molar-refractivity contribution in [1.29, 1.82) is 5.41 Å². The van der Waals surface area contributed by atoms with Gasteiger partial charge in [0.1, 0.15) is 11.7 Å². The van der Waals surface area contributed by atoms with Gasteiger partial charge in [-0.15, -0.1) is 0 Å². The fourth-order valence-electron chi connectivity index (χ4n) is 2.53. The van der Waals surface area contributed by atoms with Crippen molar-refractivity contribution in [3.05, 3.63) is 65.5 Å². The van der Waals surface area contributed by atoms with E-state index in [1.165, 1.54) is 11.1 Å². The summed E-state index contributed by atoms with van der Waals surface area (Å²) in [6.45, 7) is 0. The Bertz CT molecular complexity index is 784. The molecule has 3 N–H and O–H groups in total. The molecule has 0 aliphatic carbocycles. The van der Waals surface area contributed by atoms with E-state index in [9.17, 15) is 0 Å². The number of hydrogen-bond donors (Lipinski definition) is 2. The normalized spacial score (nSPS) is 10.9. The third-order valence-electron chi connectivity index (χ3n) is 3.78. The zero-order valence-corrected chi connectivity index (χ0v) is 12.0. The number of nitrogens with two attached hydrogens (primary N) is 1. The van der Waals surface area contributed by atoms with Crippen molar-refractivity contribution in [3.63, 3.8) is 0 Å². The molecule has 1 heterocycles. The molecule has 0 amide bonds. The molecule has 1 aromatic heterocycles. The maximum absolute atomic E-state index is 7.40. The number of nitrogen functional groups attached to an aromatic ring is 1. The van der Waals surface area contributed by atoms with Crippen molar-refractivity contribution in [1.82, 2.24) is 9.55 Å². The van der Waals surface area contributed by atoms with Crippen LogP contribution in [0, 0.1) is 5.41 Å². The van der Waals surface area contributed by atoms with Crippen LogP contribution in [0.25, 0.3) is 11.0 Å². The average Bonchev–Trinajstić information content (AvgIpc) is 2.82. The summed E-state index contributed by atoms with van der Waals surface area (Å²) in [7, 11) is 2.06. The van der Waals surface area contributed by atoms with Crippen LogP contribution < -0.4 is 5.73 Å². The van der Waals surface area contributed by atoms with Crippen molar-refractivity contribution < 1.29 is 0 Å². The van der Waals surface area contributed by atoms with Crippen molar-refractivity contribution in [2.45, 2.75) is 12.8 Å². The number of para-hydroxylation sites is 2. The van der Waals surface area contributed by atoms with Crippen molar-refractivity contribution in [2.75, 3.05) is 0 Å². The minimum Gasteiger partial charge on any atom is -0.384 e. The molecular formula is C17H18N4. The number of amidine groups is 1. The molecule has 0 aliphatic heterocycles. The summed E-state index contributed by atoms with van der Waals surface area (Å²) in [5, 5.41) is 7.40. The minimum atomic E-state index is 0.108. The van der Waals surface area contributed by atoms with Crippen LogP contribution in [0.5, 0.6) is 0 Å². The standard InChI is InChI=1S/C17H18N4/c1-21-15-5-3-2-4-14(15)20-16(21)11-8-12-6-9-13(10-7-12)17(18)19/h2-7,9-10H,8,11H2,1H3,(H3,18,19). The summed E-state index contributed by atoms with van der Waals surface area (Å²) in [6.07, 6.45) is 1.82. The smallest absolute Gasteiger partial charge is 0.122 e. The summed E-state index contributed by atoms with van der Waals surface area (Å²) < 4.78 is 2.15. The monoisotopic (exact) mass is 278 g/mol. The van der Waals surface area contributed by atoms with Gasteiger partial charge < -0.3 is 10.3 Å². The Labute approximate surface area is 123 Å². The molecule has 4 heteroatoms. The van der Waals surface area contributed by atoms with E-state index in [0.717, 1.165) is 29.7 Å². The lowest BCUT2D eigenvalue weighted by atomic mass is 10.1. The molecule has 0 saturated heterocycles. The third kappa shape index (κ3) is 2.65. The first-order valence-corrected chi connectivity index (χ1v) is 6.99. The van der Waals surface area contributed by atoms with Crippen LogP contribution >= 0.6 is 0 Å². The Morgan fingerprint density at radius 3 is 2.48 bits per heavy atom. The van der Waals surface area contributed by atoms with Gasteiger partial charge in [-0.05, 0) is 24.1 Å². The molecule has 0 saturated carbocycles. The van der Waals surface area contributed by atoms with Crippen LogP contribution in [-0.2, 0) is 19.9 Å². The first-order valence-electron chi connectivity index (χ1n) is 6.99. The van der Waals surface area contributed by atoms with Crippen LogP contribution in [0.1, 0.15) is 17.0 Å². The Morgan fingerprint density at radius 2 is 1.81 bits per heavy atom. The number of rotatable bonds is 4. The maximum atomic E-state index is 7.40. The summed E-state index contributed by atoms with van der Waals surface area (Å²) in [5.74, 6) is 1.20. The highest BCUT2D eigenvalue weighted by Crippen LogP contribution is 2.16. The lowest BCUT2D eigenvalue weighted by Crippen LogP contribution is -2.10. The van der Waals surface area contributed by atoms with Crippen LogP contribution in [0.2, 0.25) is 0 Å². The average molecular weight is 278 g/mol. The predicted octanol–water partition coefficient (Wildman–Crippen LogP) is 2.64. The maximum Gasteiger partial charge on any atom is 0.122 e. The molecule has 0 spiro atoms. The third-order valence-corrected chi connectivity index (χ3v) is 3.78. The number of nitrogens with zero attached hydrogens (tertiary/aromatic N) is 2. The van der Waals surface area contributed by atoms with Crippen LogP contribution in [0.4, 0.5) is 0 Å². The molecule has 21 heavy (non-hydrogen) atoms. The molecular weight excluding hydrogens is 260 g/mol. The largest absolute Gasteiger partial charge is 0.384 e. The quantitative estimate of drug-likeness (QED) is 0.569. The van der Waals surface area contributed by atoms with Gasteiger partial charge in [0.2, 0.25) is 0 Å². The van der Waals surface area contributed by atoms with Crippen LogP contribution in [0.3, 0.4) is 0 Å². The Kier molecular flexibility index (Phi) is 3.44. The SMILES string of the molecule is Cn1c(CCc2ccc(C(=N)N)cc2)nc2ccccc21. The molecule has 0 aliphatic rings. The second-order valence-electron chi connectivity index (χ2n) is 5.19. The van der Waals surface area contributed by atoms with E-state index in [4.69, 9.17) is 11.1 Å². The van der Waals surface area contributed by atoms with E-state index in [0.29, 0.717) is 0 Å². The van der Waals surface area contributed by atoms with Gasteiger partial charge in [0, 0.05) is 19.0 Å². The number of nitrogens with one attached hydrogen (secondary N) is 1. The summed E-state index contributed by atoms with van der Waals surface area (Å²) in [5.41, 5.74) is 9.67. The summed E-state index contributed by atoms with van der Waals surface area (Å²) >= 11 is 0. The van der Waals surface area contributed by atoms with Crippen molar-refractivity contribution in [2.24, 2.45) is 12.8 Å². The van der Waals surface area contributed by atoms with Crippen molar-refractivity contribution in [3.8, 4) is 0 Å². The zero-order valence-electron chi connectivity index (χ0n) is 12.0. The number of hydrogen-bond acceptors (Lipinski definition) is 2. The zero-order chi connectivity index (χ0) is 14.8. The Hall–Kier alpha value is -2.62. The van der Waals surface area contributed by atoms with E-state index in [1.54, 1.807) is 0 Å². The van der Waals surface area contributed by atoms with Gasteiger partial charge in [-0.1, -0.05) is 36.4 Å². The van der Waals surface area contributed by atoms with E-state index >= 15 is 0 Å². The first kappa shape index (κ1) is 13.4. The number of aromatic nitrogens is 2. The second-order valence-corrected chi connectivity index (χ2v) is 5.19. The highest BCUT2D eigenvalue weighted by molar-refractivity contribution is 5.94. The Morgan fingerprint density at radius 1 is 1.10 bits per heavy atom.